The fourth-order valence-corrected chi connectivity index (χ4v) is 4.29. The highest BCUT2D eigenvalue weighted by molar-refractivity contribution is 5.97. The molecule has 0 saturated carbocycles. The van der Waals surface area contributed by atoms with Gasteiger partial charge in [0.1, 0.15) is 23.4 Å². The average molecular weight is 440 g/mol. The number of nitrogens with zero attached hydrogens (tertiary/aromatic N) is 6. The summed E-state index contributed by atoms with van der Waals surface area (Å²) in [4.78, 5) is 26.9. The van der Waals surface area contributed by atoms with Crippen molar-refractivity contribution in [2.75, 3.05) is 13.1 Å². The number of piperidine rings is 1. The second kappa shape index (κ2) is 7.85. The summed E-state index contributed by atoms with van der Waals surface area (Å²) >= 11 is 0. The predicted molar refractivity (Wildman–Crippen MR) is 110 cm³/mol. The lowest BCUT2D eigenvalue weighted by atomic mass is 9.84. The highest BCUT2D eigenvalue weighted by Crippen LogP contribution is 2.34. The number of rotatable bonds is 3. The van der Waals surface area contributed by atoms with Crippen LogP contribution in [0.4, 0.5) is 13.2 Å². The number of carbonyl (C=O) groups is 1. The lowest BCUT2D eigenvalue weighted by molar-refractivity contribution is 0.0665. The van der Waals surface area contributed by atoms with Crippen LogP contribution in [0, 0.1) is 11.7 Å². The van der Waals surface area contributed by atoms with Crippen molar-refractivity contribution in [3.8, 4) is 0 Å². The van der Waals surface area contributed by atoms with Crippen LogP contribution in [0.1, 0.15) is 47.4 Å². The number of benzene rings is 1. The second-order valence-electron chi connectivity index (χ2n) is 8.04. The van der Waals surface area contributed by atoms with Gasteiger partial charge < -0.3 is 4.90 Å². The molecule has 2 atom stereocenters. The molecule has 10 heteroatoms. The number of halogens is 3. The van der Waals surface area contributed by atoms with Crippen molar-refractivity contribution in [3.05, 3.63) is 65.6 Å². The first-order chi connectivity index (χ1) is 15.4. The summed E-state index contributed by atoms with van der Waals surface area (Å²) in [6, 6.07) is 7.56. The minimum Gasteiger partial charge on any atom is -0.338 e. The number of carbonyl (C=O) groups excluding carboxylic acids is 1. The molecule has 0 spiro atoms. The number of alkyl halides is 2. The van der Waals surface area contributed by atoms with Gasteiger partial charge in [0.2, 0.25) is 0 Å². The monoisotopic (exact) mass is 440 g/mol. The summed E-state index contributed by atoms with van der Waals surface area (Å²) in [6.07, 6.45) is 0.597. The highest BCUT2D eigenvalue weighted by atomic mass is 19.3. The molecule has 1 saturated heterocycles. The van der Waals surface area contributed by atoms with E-state index < -0.39 is 12.2 Å². The molecule has 0 N–H and O–H groups in total. The number of likely N-dealkylation sites (tertiary alicyclic amines) is 1. The highest BCUT2D eigenvalue weighted by Gasteiger charge is 2.33. The second-order valence-corrected chi connectivity index (χ2v) is 8.04. The van der Waals surface area contributed by atoms with Crippen LogP contribution in [0.2, 0.25) is 0 Å². The number of amides is 1. The van der Waals surface area contributed by atoms with Crippen molar-refractivity contribution in [2.24, 2.45) is 5.92 Å². The van der Waals surface area contributed by atoms with E-state index >= 15 is 0 Å². The van der Waals surface area contributed by atoms with E-state index in [2.05, 4.69) is 20.1 Å². The molecule has 1 aromatic carbocycles. The van der Waals surface area contributed by atoms with Crippen LogP contribution in [0.25, 0.3) is 16.7 Å². The molecule has 1 fully saturated rings. The first-order valence-corrected chi connectivity index (χ1v) is 10.2. The summed E-state index contributed by atoms with van der Waals surface area (Å²) in [6.45, 7) is 2.87. The van der Waals surface area contributed by atoms with Crippen LogP contribution < -0.4 is 0 Å². The molecule has 1 aliphatic rings. The molecule has 2 unspecified atom stereocenters. The maximum absolute atomic E-state index is 13.9. The molecule has 32 heavy (non-hydrogen) atoms. The van der Waals surface area contributed by atoms with Gasteiger partial charge in [-0.25, -0.2) is 22.7 Å². The summed E-state index contributed by atoms with van der Waals surface area (Å²) < 4.78 is 42.2. The molecule has 0 bridgehead atoms. The van der Waals surface area contributed by atoms with Gasteiger partial charge in [0.15, 0.2) is 0 Å². The Kier molecular flexibility index (Phi) is 4.99. The van der Waals surface area contributed by atoms with E-state index in [0.717, 1.165) is 0 Å². The van der Waals surface area contributed by atoms with Gasteiger partial charge in [0, 0.05) is 30.6 Å². The molecule has 4 heterocycles. The molecule has 3 aromatic heterocycles. The number of para-hydroxylation sites is 1. The zero-order chi connectivity index (χ0) is 22.4. The minimum atomic E-state index is -2.74. The van der Waals surface area contributed by atoms with Gasteiger partial charge in [-0.2, -0.15) is 10.1 Å². The van der Waals surface area contributed by atoms with Crippen LogP contribution in [0.15, 0.2) is 42.9 Å². The molecule has 0 aliphatic carbocycles. The minimum absolute atomic E-state index is 0.106. The van der Waals surface area contributed by atoms with E-state index in [9.17, 15) is 18.0 Å². The fourth-order valence-electron chi connectivity index (χ4n) is 4.29. The normalized spacial score (nSPS) is 19.2. The predicted octanol–water partition coefficient (Wildman–Crippen LogP) is 4.02. The van der Waals surface area contributed by atoms with Gasteiger partial charge >= 0.3 is 0 Å². The van der Waals surface area contributed by atoms with Gasteiger partial charge in [0.05, 0.1) is 11.3 Å². The molecule has 164 valence electrons. The molecule has 4 aromatic rings. The first-order valence-electron chi connectivity index (χ1n) is 10.2. The Hall–Kier alpha value is -3.56. The van der Waals surface area contributed by atoms with Crippen LogP contribution in [0.5, 0.6) is 0 Å². The zero-order valence-corrected chi connectivity index (χ0v) is 17.1. The van der Waals surface area contributed by atoms with Crippen molar-refractivity contribution < 1.29 is 18.0 Å². The van der Waals surface area contributed by atoms with Gasteiger partial charge in [-0.3, -0.25) is 9.78 Å². The van der Waals surface area contributed by atoms with Crippen LogP contribution >= 0.6 is 0 Å². The maximum atomic E-state index is 13.9. The molecule has 1 amide bonds. The van der Waals surface area contributed by atoms with Crippen molar-refractivity contribution in [2.45, 2.75) is 25.7 Å². The third-order valence-electron chi connectivity index (χ3n) is 6.06. The van der Waals surface area contributed by atoms with E-state index in [1.807, 2.05) is 6.92 Å². The Morgan fingerprint density at radius 1 is 1.22 bits per heavy atom. The van der Waals surface area contributed by atoms with Crippen LogP contribution in [-0.2, 0) is 0 Å². The Bertz CT molecular complexity index is 1320. The number of aromatic nitrogens is 5. The summed E-state index contributed by atoms with van der Waals surface area (Å²) in [5.41, 5.74) is 0.743. The number of pyridine rings is 1. The Morgan fingerprint density at radius 2 is 2.06 bits per heavy atom. The van der Waals surface area contributed by atoms with Crippen molar-refractivity contribution >= 4 is 22.6 Å². The van der Waals surface area contributed by atoms with E-state index in [4.69, 9.17) is 0 Å². The topological polar surface area (TPSA) is 76.3 Å². The van der Waals surface area contributed by atoms with E-state index in [1.165, 1.54) is 29.2 Å². The van der Waals surface area contributed by atoms with E-state index in [1.54, 1.807) is 23.1 Å². The molecular weight excluding hydrogens is 421 g/mol. The maximum Gasteiger partial charge on any atom is 0.280 e. The third-order valence-corrected chi connectivity index (χ3v) is 6.06. The van der Waals surface area contributed by atoms with Crippen molar-refractivity contribution in [1.29, 1.82) is 0 Å². The molecule has 1 aliphatic heterocycles. The van der Waals surface area contributed by atoms with Crippen molar-refractivity contribution in [1.82, 2.24) is 29.5 Å². The fraction of sp³-hybridized carbons (Fsp3) is 0.318. The average Bonchev–Trinajstić information content (AvgIpc) is 3.27. The standard InChI is InChI=1S/C22H19F3N6O/c1-12-5-6-30(21(32)14-7-13-3-2-4-16(23)19(13)26-9-14)10-15(12)18-8-17(20(24)25)29-22-27-11-28-31(18)22/h2-4,7-9,11-12,15,20H,5-6,10H2,1H3. The number of hydrogen-bond acceptors (Lipinski definition) is 5. The van der Waals surface area contributed by atoms with Gasteiger partial charge in [-0.1, -0.05) is 19.1 Å². The van der Waals surface area contributed by atoms with Crippen LogP contribution in [0.3, 0.4) is 0 Å². The summed E-state index contributed by atoms with van der Waals surface area (Å²) in [5.74, 6) is -0.683. The number of hydrogen-bond donors (Lipinski definition) is 0. The van der Waals surface area contributed by atoms with Gasteiger partial charge in [0.25, 0.3) is 18.1 Å². The molecule has 7 nitrogen and oxygen atoms in total. The Balaban J connectivity index is 1.48. The SMILES string of the molecule is CC1CCN(C(=O)c2cnc3c(F)cccc3c2)CC1c1cc(C(F)F)nc2ncnn12. The van der Waals surface area contributed by atoms with E-state index in [0.29, 0.717) is 36.2 Å². The van der Waals surface area contributed by atoms with Gasteiger partial charge in [-0.15, -0.1) is 0 Å². The molecular formula is C22H19F3N6O. The van der Waals surface area contributed by atoms with Crippen molar-refractivity contribution in [3.63, 3.8) is 0 Å². The largest absolute Gasteiger partial charge is 0.338 e. The zero-order valence-electron chi connectivity index (χ0n) is 17.1. The lowest BCUT2D eigenvalue weighted by Gasteiger charge is -2.37. The van der Waals surface area contributed by atoms with Crippen LogP contribution in [-0.4, -0.2) is 48.5 Å². The summed E-state index contributed by atoms with van der Waals surface area (Å²) in [7, 11) is 0. The Morgan fingerprint density at radius 3 is 2.88 bits per heavy atom. The third kappa shape index (κ3) is 3.45. The molecule has 5 rings (SSSR count). The Labute approximate surface area is 180 Å². The van der Waals surface area contributed by atoms with E-state index in [-0.39, 0.29) is 34.7 Å². The quantitative estimate of drug-likeness (QED) is 0.481. The smallest absolute Gasteiger partial charge is 0.280 e. The first kappa shape index (κ1) is 20.3. The van der Waals surface area contributed by atoms with Gasteiger partial charge in [-0.05, 0) is 30.5 Å². The lowest BCUT2D eigenvalue weighted by Crippen LogP contribution is -2.42. The summed E-state index contributed by atoms with van der Waals surface area (Å²) in [5, 5.41) is 4.69. The number of fused-ring (bicyclic) bond motifs is 2. The molecule has 0 radical (unpaired) electrons.